The van der Waals surface area contributed by atoms with Gasteiger partial charge in [0, 0.05) is 25.1 Å². The normalized spacial score (nSPS) is 15.8. The number of methoxy groups -OCH3 is 1. The molecule has 3 amide bonds. The molecule has 214 valence electrons. The lowest BCUT2D eigenvalue weighted by Gasteiger charge is -2.40. The topological polar surface area (TPSA) is 109 Å². The fourth-order valence-electron chi connectivity index (χ4n) is 4.27. The van der Waals surface area contributed by atoms with E-state index < -0.39 is 41.7 Å². The lowest BCUT2D eigenvalue weighted by molar-refractivity contribution is -0.154. The number of carbonyl (C=O) groups excluding carboxylic acids is 4. The molecule has 0 aromatic heterocycles. The summed E-state index contributed by atoms with van der Waals surface area (Å²) in [6.45, 7) is 6.44. The van der Waals surface area contributed by atoms with Gasteiger partial charge in [0.2, 0.25) is 12.1 Å². The molecule has 2 atom stereocenters. The molecular weight excluding hydrogens is 532 g/mol. The van der Waals surface area contributed by atoms with Crippen molar-refractivity contribution >= 4 is 47.0 Å². The highest BCUT2D eigenvalue weighted by molar-refractivity contribution is 7.98. The van der Waals surface area contributed by atoms with Crippen molar-refractivity contribution in [3.63, 3.8) is 0 Å². The Morgan fingerprint density at radius 2 is 1.70 bits per heavy atom. The van der Waals surface area contributed by atoms with Crippen LogP contribution in [0.1, 0.15) is 45.2 Å². The smallest absolute Gasteiger partial charge is 0.412 e. The first-order valence-corrected chi connectivity index (χ1v) is 14.2. The Hall–Kier alpha value is -3.86. The number of para-hydroxylation sites is 1. The summed E-state index contributed by atoms with van der Waals surface area (Å²) in [7, 11) is 2.65. The lowest BCUT2D eigenvalue weighted by atomic mass is 10.0. The zero-order valence-electron chi connectivity index (χ0n) is 23.9. The first-order valence-electron chi connectivity index (χ1n) is 12.8. The van der Waals surface area contributed by atoms with E-state index in [1.165, 1.54) is 32.8 Å². The molecule has 0 spiro atoms. The van der Waals surface area contributed by atoms with E-state index in [2.05, 4.69) is 0 Å². The molecule has 1 unspecified atom stereocenters. The summed E-state index contributed by atoms with van der Waals surface area (Å²) in [5.74, 6) is -1.40. The van der Waals surface area contributed by atoms with Gasteiger partial charge in [-0.15, -0.1) is 0 Å². The number of benzodiazepines with no additional fused rings is 1. The van der Waals surface area contributed by atoms with Gasteiger partial charge in [0.15, 0.2) is 6.04 Å². The van der Waals surface area contributed by atoms with E-state index in [1.807, 2.05) is 36.6 Å². The van der Waals surface area contributed by atoms with Crippen molar-refractivity contribution in [1.29, 1.82) is 0 Å². The van der Waals surface area contributed by atoms with Crippen LogP contribution in [0.25, 0.3) is 0 Å². The summed E-state index contributed by atoms with van der Waals surface area (Å²) in [5, 5.41) is 2.27. The van der Waals surface area contributed by atoms with Crippen LogP contribution in [0.2, 0.25) is 0 Å². The summed E-state index contributed by atoms with van der Waals surface area (Å²) < 4.78 is 10.6. The highest BCUT2D eigenvalue weighted by Crippen LogP contribution is 2.32. The van der Waals surface area contributed by atoms with E-state index >= 15 is 0 Å². The minimum Gasteiger partial charge on any atom is -0.467 e. The third-order valence-electron chi connectivity index (χ3n) is 6.07. The van der Waals surface area contributed by atoms with E-state index in [-0.39, 0.29) is 6.42 Å². The molecule has 0 aliphatic carbocycles. The number of hydrogen-bond donors (Lipinski definition) is 0. The highest BCUT2D eigenvalue weighted by atomic mass is 32.2. The molecule has 0 bridgehead atoms. The van der Waals surface area contributed by atoms with Gasteiger partial charge in [-0.1, -0.05) is 48.5 Å². The van der Waals surface area contributed by atoms with Crippen LogP contribution >= 0.6 is 11.8 Å². The first-order chi connectivity index (χ1) is 18.9. The maximum absolute atomic E-state index is 14.4. The number of carbonyl (C=O) groups is 4. The maximum atomic E-state index is 14.4. The fraction of sp³-hybridized carbons (Fsp3) is 0.414. The number of anilines is 1. The van der Waals surface area contributed by atoms with Gasteiger partial charge in [0.25, 0.3) is 5.91 Å². The van der Waals surface area contributed by atoms with E-state index in [9.17, 15) is 19.2 Å². The quantitative estimate of drug-likeness (QED) is 0.441. The molecule has 0 saturated heterocycles. The second kappa shape index (κ2) is 13.0. The number of benzene rings is 2. The van der Waals surface area contributed by atoms with Gasteiger partial charge < -0.3 is 9.47 Å². The van der Waals surface area contributed by atoms with Crippen LogP contribution in [0.4, 0.5) is 10.5 Å². The van der Waals surface area contributed by atoms with Crippen molar-refractivity contribution in [1.82, 2.24) is 9.91 Å². The second-order valence-corrected chi connectivity index (χ2v) is 11.1. The summed E-state index contributed by atoms with van der Waals surface area (Å²) >= 11 is 1.50. The first kappa shape index (κ1) is 30.7. The molecule has 1 aliphatic heterocycles. The van der Waals surface area contributed by atoms with Gasteiger partial charge in [-0.05, 0) is 45.3 Å². The SMILES string of the molecule is COC(=O)[C@H](CCSC)N(C(C)=O)N1C(=O)C(N(C)C(=O)OC(C)(C)C)N=C(c2ccccc2)c2ccccc21. The Morgan fingerprint density at radius 1 is 1.07 bits per heavy atom. The van der Waals surface area contributed by atoms with Crippen molar-refractivity contribution in [2.24, 2.45) is 4.99 Å². The third kappa shape index (κ3) is 6.82. The average molecular weight is 569 g/mol. The molecule has 2 aromatic rings. The van der Waals surface area contributed by atoms with E-state index in [1.54, 1.807) is 45.0 Å². The molecule has 2 aromatic carbocycles. The fourth-order valence-corrected chi connectivity index (χ4v) is 4.73. The van der Waals surface area contributed by atoms with Crippen molar-refractivity contribution in [3.05, 3.63) is 65.7 Å². The minimum atomic E-state index is -1.42. The van der Waals surface area contributed by atoms with Crippen LogP contribution < -0.4 is 5.01 Å². The molecule has 1 heterocycles. The number of hydrazine groups is 1. The Bertz CT molecular complexity index is 1280. The third-order valence-corrected chi connectivity index (χ3v) is 6.71. The van der Waals surface area contributed by atoms with E-state index in [0.717, 1.165) is 14.9 Å². The molecule has 0 N–H and O–H groups in total. The minimum absolute atomic E-state index is 0.234. The highest BCUT2D eigenvalue weighted by Gasteiger charge is 2.44. The maximum Gasteiger partial charge on any atom is 0.412 e. The molecule has 0 fully saturated rings. The number of nitrogens with zero attached hydrogens (tertiary/aromatic N) is 4. The number of fused-ring (bicyclic) bond motifs is 1. The standard InChI is InChI=1S/C29H36N4O6S/c1-19(34)32(23(17-18-40-7)27(36)38-6)33-22-16-12-11-15-21(22)24(20-13-9-8-10-14-20)30-25(26(33)35)31(5)28(37)39-29(2,3)4/h8-16,23,25H,17-18H2,1-7H3/t23-,25?/m0/s1. The largest absolute Gasteiger partial charge is 0.467 e. The number of aliphatic imine (C=N–C) groups is 1. The van der Waals surface area contributed by atoms with Crippen molar-refractivity contribution in [3.8, 4) is 0 Å². The van der Waals surface area contributed by atoms with E-state index in [4.69, 9.17) is 14.5 Å². The van der Waals surface area contributed by atoms with Crippen LogP contribution in [-0.2, 0) is 23.9 Å². The van der Waals surface area contributed by atoms with Crippen LogP contribution in [0, 0.1) is 0 Å². The van der Waals surface area contributed by atoms with Crippen LogP contribution in [0.15, 0.2) is 59.6 Å². The molecule has 3 rings (SSSR count). The molecule has 0 radical (unpaired) electrons. The lowest BCUT2D eigenvalue weighted by Crippen LogP contribution is -2.61. The summed E-state index contributed by atoms with van der Waals surface area (Å²) in [6, 6.07) is 15.1. The number of esters is 1. The van der Waals surface area contributed by atoms with Crippen LogP contribution in [-0.4, -0.2) is 83.5 Å². The van der Waals surface area contributed by atoms with Gasteiger partial charge in [0.1, 0.15) is 5.60 Å². The Morgan fingerprint density at radius 3 is 2.27 bits per heavy atom. The zero-order chi connectivity index (χ0) is 29.6. The summed E-state index contributed by atoms with van der Waals surface area (Å²) in [6.07, 6.45) is -0.0736. The van der Waals surface area contributed by atoms with Gasteiger partial charge in [-0.2, -0.15) is 11.8 Å². The van der Waals surface area contributed by atoms with Crippen molar-refractivity contribution in [2.45, 2.75) is 51.9 Å². The predicted octanol–water partition coefficient (Wildman–Crippen LogP) is 4.12. The number of hydrogen-bond acceptors (Lipinski definition) is 8. The Kier molecular flexibility index (Phi) is 9.97. The molecular formula is C29H36N4O6S. The number of likely N-dealkylation sites (N-methyl/N-ethyl adjacent to an activating group) is 1. The number of ether oxygens (including phenoxy) is 2. The number of thioether (sulfide) groups is 1. The Balaban J connectivity index is 2.30. The molecule has 40 heavy (non-hydrogen) atoms. The molecule has 11 heteroatoms. The van der Waals surface area contributed by atoms with E-state index in [0.29, 0.717) is 28.3 Å². The van der Waals surface area contributed by atoms with Crippen molar-refractivity contribution in [2.75, 3.05) is 31.2 Å². The predicted molar refractivity (Wildman–Crippen MR) is 155 cm³/mol. The molecule has 10 nitrogen and oxygen atoms in total. The summed E-state index contributed by atoms with van der Waals surface area (Å²) in [5.41, 5.74) is 1.20. The number of amides is 3. The molecule has 0 saturated carbocycles. The van der Waals surface area contributed by atoms with Gasteiger partial charge >= 0.3 is 12.1 Å². The number of rotatable bonds is 8. The van der Waals surface area contributed by atoms with Crippen LogP contribution in [0.3, 0.4) is 0 Å². The van der Waals surface area contributed by atoms with Crippen LogP contribution in [0.5, 0.6) is 0 Å². The van der Waals surface area contributed by atoms with Gasteiger partial charge in [0.05, 0.1) is 18.5 Å². The zero-order valence-corrected chi connectivity index (χ0v) is 24.7. The second-order valence-electron chi connectivity index (χ2n) is 10.2. The Labute approximate surface area is 239 Å². The van der Waals surface area contributed by atoms with Gasteiger partial charge in [-0.3, -0.25) is 14.5 Å². The monoisotopic (exact) mass is 568 g/mol. The van der Waals surface area contributed by atoms with Crippen molar-refractivity contribution < 1.29 is 28.7 Å². The molecule has 1 aliphatic rings. The van der Waals surface area contributed by atoms with Gasteiger partial charge in [-0.25, -0.2) is 24.6 Å². The summed E-state index contributed by atoms with van der Waals surface area (Å²) in [4.78, 5) is 59.8. The average Bonchev–Trinajstić information content (AvgIpc) is 3.04.